The molecular formula is C17H16Cl2N2O3. The fraction of sp³-hybridized carbons (Fsp3) is 0.176. The van der Waals surface area contributed by atoms with Gasteiger partial charge in [-0.2, -0.15) is 0 Å². The lowest BCUT2D eigenvalue weighted by atomic mass is 10.2. The van der Waals surface area contributed by atoms with Crippen LogP contribution >= 0.6 is 23.2 Å². The van der Waals surface area contributed by atoms with Crippen LogP contribution in [0.1, 0.15) is 22.3 Å². The molecule has 126 valence electrons. The number of nitrogens with one attached hydrogen (secondary N) is 2. The average Bonchev–Trinajstić information content (AvgIpc) is 2.56. The van der Waals surface area contributed by atoms with E-state index in [0.717, 1.165) is 11.3 Å². The van der Waals surface area contributed by atoms with Crippen molar-refractivity contribution in [2.24, 2.45) is 0 Å². The zero-order valence-corrected chi connectivity index (χ0v) is 14.4. The van der Waals surface area contributed by atoms with Gasteiger partial charge in [-0.25, -0.2) is 0 Å². The summed E-state index contributed by atoms with van der Waals surface area (Å²) in [5, 5.41) is 0.622. The van der Waals surface area contributed by atoms with E-state index < -0.39 is 5.91 Å². The van der Waals surface area contributed by atoms with E-state index >= 15 is 0 Å². The Morgan fingerprint density at radius 1 is 1.08 bits per heavy atom. The number of halogens is 2. The predicted molar refractivity (Wildman–Crippen MR) is 93.4 cm³/mol. The minimum absolute atomic E-state index is 0.0951. The van der Waals surface area contributed by atoms with Crippen molar-refractivity contribution in [2.45, 2.75) is 13.3 Å². The van der Waals surface area contributed by atoms with Crippen molar-refractivity contribution in [2.75, 3.05) is 6.61 Å². The van der Waals surface area contributed by atoms with Gasteiger partial charge in [0.15, 0.2) is 0 Å². The number of carbonyl (C=O) groups is 2. The monoisotopic (exact) mass is 366 g/mol. The number of benzene rings is 2. The molecule has 0 bridgehead atoms. The van der Waals surface area contributed by atoms with Crippen LogP contribution in [0.5, 0.6) is 5.75 Å². The van der Waals surface area contributed by atoms with E-state index in [2.05, 4.69) is 10.9 Å². The molecule has 7 heteroatoms. The second-order valence-electron chi connectivity index (χ2n) is 4.99. The Kier molecular flexibility index (Phi) is 6.46. The third-order valence-electron chi connectivity index (χ3n) is 3.17. The lowest BCUT2D eigenvalue weighted by molar-refractivity contribution is -0.122. The third kappa shape index (κ3) is 5.15. The number of hydrazine groups is 1. The van der Waals surface area contributed by atoms with Crippen molar-refractivity contribution in [1.29, 1.82) is 0 Å². The van der Waals surface area contributed by atoms with Gasteiger partial charge in [-0.1, -0.05) is 41.4 Å². The van der Waals surface area contributed by atoms with Crippen molar-refractivity contribution in [3.8, 4) is 5.75 Å². The Hall–Kier alpha value is -2.24. The molecule has 0 fully saturated rings. The summed E-state index contributed by atoms with van der Waals surface area (Å²) in [7, 11) is 0. The second kappa shape index (κ2) is 8.57. The van der Waals surface area contributed by atoms with Gasteiger partial charge in [-0.05, 0) is 36.8 Å². The van der Waals surface area contributed by atoms with Crippen molar-refractivity contribution in [3.05, 3.63) is 63.6 Å². The molecule has 24 heavy (non-hydrogen) atoms. The van der Waals surface area contributed by atoms with Gasteiger partial charge in [-0.3, -0.25) is 20.4 Å². The Balaban J connectivity index is 1.78. The first kappa shape index (κ1) is 18.1. The molecule has 2 N–H and O–H groups in total. The standard InChI is InChI=1S/C17H16Cl2N2O3/c1-11-4-2-3-5-15(11)24-9-8-16(22)20-21-17(23)13-10-12(18)6-7-14(13)19/h2-7,10H,8-9H2,1H3,(H,20,22)(H,21,23). The van der Waals surface area contributed by atoms with Gasteiger partial charge in [0.2, 0.25) is 5.91 Å². The van der Waals surface area contributed by atoms with Crippen molar-refractivity contribution in [3.63, 3.8) is 0 Å². The van der Waals surface area contributed by atoms with Crippen LogP contribution in [0, 0.1) is 6.92 Å². The van der Waals surface area contributed by atoms with Gasteiger partial charge in [0.05, 0.1) is 23.6 Å². The Morgan fingerprint density at radius 2 is 1.83 bits per heavy atom. The Morgan fingerprint density at radius 3 is 2.58 bits per heavy atom. The fourth-order valence-corrected chi connectivity index (χ4v) is 2.28. The molecule has 0 heterocycles. The first-order valence-electron chi connectivity index (χ1n) is 7.20. The van der Waals surface area contributed by atoms with Gasteiger partial charge in [0.1, 0.15) is 5.75 Å². The van der Waals surface area contributed by atoms with Crippen LogP contribution in [0.2, 0.25) is 10.0 Å². The quantitative estimate of drug-likeness (QED) is 0.795. The van der Waals surface area contributed by atoms with Crippen LogP contribution < -0.4 is 15.6 Å². The van der Waals surface area contributed by atoms with Crippen LogP contribution in [0.25, 0.3) is 0 Å². The van der Waals surface area contributed by atoms with E-state index in [1.165, 1.54) is 12.1 Å². The fourth-order valence-electron chi connectivity index (χ4n) is 1.90. The third-order valence-corrected chi connectivity index (χ3v) is 3.73. The Labute approximate surface area is 149 Å². The van der Waals surface area contributed by atoms with E-state index in [1.54, 1.807) is 6.07 Å². The molecule has 0 unspecified atom stereocenters. The zero-order chi connectivity index (χ0) is 17.5. The molecule has 0 aromatic heterocycles. The highest BCUT2D eigenvalue weighted by Gasteiger charge is 2.12. The molecule has 5 nitrogen and oxygen atoms in total. The number of carbonyl (C=O) groups excluding carboxylic acids is 2. The molecule has 2 rings (SSSR count). The van der Waals surface area contributed by atoms with Gasteiger partial charge in [0, 0.05) is 5.02 Å². The number of ether oxygens (including phenoxy) is 1. The minimum atomic E-state index is -0.546. The topological polar surface area (TPSA) is 67.4 Å². The maximum Gasteiger partial charge on any atom is 0.271 e. The SMILES string of the molecule is Cc1ccccc1OCCC(=O)NNC(=O)c1cc(Cl)ccc1Cl. The summed E-state index contributed by atoms with van der Waals surface area (Å²) in [5.74, 6) is -0.203. The van der Waals surface area contributed by atoms with Crippen LogP contribution in [-0.4, -0.2) is 18.4 Å². The maximum absolute atomic E-state index is 12.0. The van der Waals surface area contributed by atoms with Gasteiger partial charge >= 0.3 is 0 Å². The van der Waals surface area contributed by atoms with Crippen molar-refractivity contribution in [1.82, 2.24) is 10.9 Å². The number of rotatable bonds is 5. The molecule has 0 saturated carbocycles. The molecule has 0 aliphatic carbocycles. The van der Waals surface area contributed by atoms with Crippen molar-refractivity contribution < 1.29 is 14.3 Å². The summed E-state index contributed by atoms with van der Waals surface area (Å²) in [6.07, 6.45) is 0.0951. The molecule has 0 spiro atoms. The van der Waals surface area contributed by atoms with Crippen molar-refractivity contribution >= 4 is 35.0 Å². The second-order valence-corrected chi connectivity index (χ2v) is 5.83. The van der Waals surface area contributed by atoms with Gasteiger partial charge in [-0.15, -0.1) is 0 Å². The molecule has 0 aliphatic heterocycles. The summed E-state index contributed by atoms with van der Waals surface area (Å²) in [6.45, 7) is 2.12. The van der Waals surface area contributed by atoms with Crippen LogP contribution in [0.4, 0.5) is 0 Å². The smallest absolute Gasteiger partial charge is 0.271 e. The van der Waals surface area contributed by atoms with E-state index in [9.17, 15) is 9.59 Å². The lowest BCUT2D eigenvalue weighted by Gasteiger charge is -2.10. The molecule has 0 radical (unpaired) electrons. The molecular weight excluding hydrogens is 351 g/mol. The van der Waals surface area contributed by atoms with Crippen LogP contribution in [-0.2, 0) is 4.79 Å². The van der Waals surface area contributed by atoms with E-state index in [1.807, 2.05) is 31.2 Å². The largest absolute Gasteiger partial charge is 0.493 e. The number of amides is 2. The van der Waals surface area contributed by atoms with E-state index in [0.29, 0.717) is 5.02 Å². The normalized spacial score (nSPS) is 10.1. The number of aryl methyl sites for hydroxylation is 1. The van der Waals surface area contributed by atoms with E-state index in [-0.39, 0.29) is 29.5 Å². The summed E-state index contributed by atoms with van der Waals surface area (Å²) < 4.78 is 5.52. The molecule has 2 aromatic carbocycles. The highest BCUT2D eigenvalue weighted by atomic mass is 35.5. The highest BCUT2D eigenvalue weighted by Crippen LogP contribution is 2.20. The lowest BCUT2D eigenvalue weighted by Crippen LogP contribution is -2.42. The number of hydrogen-bond acceptors (Lipinski definition) is 3. The maximum atomic E-state index is 12.0. The summed E-state index contributed by atoms with van der Waals surface area (Å²) in [5.41, 5.74) is 5.77. The average molecular weight is 367 g/mol. The number of hydrogen-bond donors (Lipinski definition) is 2. The molecule has 2 aromatic rings. The predicted octanol–water partition coefficient (Wildman–Crippen LogP) is 3.53. The molecule has 0 atom stereocenters. The zero-order valence-electron chi connectivity index (χ0n) is 12.9. The summed E-state index contributed by atoms with van der Waals surface area (Å²) in [6, 6.07) is 12.0. The summed E-state index contributed by atoms with van der Waals surface area (Å²) >= 11 is 11.7. The van der Waals surface area contributed by atoms with Gasteiger partial charge < -0.3 is 4.74 Å². The highest BCUT2D eigenvalue weighted by molar-refractivity contribution is 6.35. The molecule has 2 amide bonds. The minimum Gasteiger partial charge on any atom is -0.493 e. The van der Waals surface area contributed by atoms with Gasteiger partial charge in [0.25, 0.3) is 5.91 Å². The first-order chi connectivity index (χ1) is 11.5. The van der Waals surface area contributed by atoms with Crippen LogP contribution in [0.3, 0.4) is 0 Å². The van der Waals surface area contributed by atoms with E-state index in [4.69, 9.17) is 27.9 Å². The number of para-hydroxylation sites is 1. The van der Waals surface area contributed by atoms with Crippen LogP contribution in [0.15, 0.2) is 42.5 Å². The first-order valence-corrected chi connectivity index (χ1v) is 7.95. The summed E-state index contributed by atoms with van der Waals surface area (Å²) in [4.78, 5) is 23.7. The molecule has 0 saturated heterocycles. The molecule has 0 aliphatic rings. The Bertz CT molecular complexity index is 750.